The summed E-state index contributed by atoms with van der Waals surface area (Å²) in [5.41, 5.74) is 5.48. The number of aliphatic hydroxyl groups excluding tert-OH is 1. The van der Waals surface area contributed by atoms with E-state index < -0.39 is 18.0 Å². The summed E-state index contributed by atoms with van der Waals surface area (Å²) in [6, 6.07) is 5.23. The van der Waals surface area contributed by atoms with Crippen LogP contribution in [0.1, 0.15) is 18.6 Å². The van der Waals surface area contributed by atoms with Crippen molar-refractivity contribution >= 4 is 18.3 Å². The molecular weight excluding hydrogens is 247 g/mol. The first-order valence-electron chi connectivity index (χ1n) is 4.98. The van der Waals surface area contributed by atoms with Gasteiger partial charge in [0.2, 0.25) is 5.91 Å². The molecule has 0 aliphatic rings. The molecule has 0 aliphatic carbocycles. The lowest BCUT2D eigenvalue weighted by molar-refractivity contribution is -0.122. The van der Waals surface area contributed by atoms with E-state index in [2.05, 4.69) is 5.32 Å². The monoisotopic (exact) mass is 262 g/mol. The van der Waals surface area contributed by atoms with Crippen LogP contribution in [0.25, 0.3) is 0 Å². The van der Waals surface area contributed by atoms with Crippen LogP contribution < -0.4 is 11.1 Å². The van der Waals surface area contributed by atoms with Gasteiger partial charge in [0, 0.05) is 12.1 Å². The third kappa shape index (κ3) is 4.68. The second-order valence-electron chi connectivity index (χ2n) is 3.57. The van der Waals surface area contributed by atoms with Gasteiger partial charge in [-0.3, -0.25) is 4.79 Å². The zero-order valence-electron chi connectivity index (χ0n) is 9.39. The van der Waals surface area contributed by atoms with Crippen molar-refractivity contribution in [1.82, 2.24) is 5.32 Å². The first kappa shape index (κ1) is 15.8. The van der Waals surface area contributed by atoms with E-state index >= 15 is 0 Å². The van der Waals surface area contributed by atoms with Crippen molar-refractivity contribution < 1.29 is 14.3 Å². The zero-order valence-corrected chi connectivity index (χ0v) is 10.2. The molecule has 0 fully saturated rings. The Morgan fingerprint density at radius 3 is 2.65 bits per heavy atom. The summed E-state index contributed by atoms with van der Waals surface area (Å²) in [5, 5.41) is 12.1. The van der Waals surface area contributed by atoms with Gasteiger partial charge in [0.25, 0.3) is 0 Å². The van der Waals surface area contributed by atoms with E-state index in [0.717, 1.165) is 0 Å². The smallest absolute Gasteiger partial charge is 0.236 e. The summed E-state index contributed by atoms with van der Waals surface area (Å²) >= 11 is 0. The Bertz CT molecular complexity index is 374. The molecule has 0 aromatic heterocycles. The molecule has 0 aliphatic heterocycles. The second kappa shape index (κ2) is 7.21. The average molecular weight is 263 g/mol. The highest BCUT2D eigenvalue weighted by atomic mass is 35.5. The topological polar surface area (TPSA) is 75.4 Å². The summed E-state index contributed by atoms with van der Waals surface area (Å²) in [6.07, 6.45) is -1.07. The number of amides is 1. The van der Waals surface area contributed by atoms with Crippen LogP contribution in [-0.2, 0) is 4.79 Å². The number of aliphatic hydroxyl groups is 1. The van der Waals surface area contributed by atoms with Gasteiger partial charge in [-0.2, -0.15) is 0 Å². The molecule has 1 aromatic rings. The summed E-state index contributed by atoms with van der Waals surface area (Å²) in [7, 11) is 0. The molecular formula is C11H16ClFN2O2. The summed E-state index contributed by atoms with van der Waals surface area (Å²) in [4.78, 5) is 11.1. The Kier molecular flexibility index (Phi) is 6.72. The highest BCUT2D eigenvalue weighted by Gasteiger charge is 2.14. The van der Waals surface area contributed by atoms with Gasteiger partial charge in [-0.1, -0.05) is 18.2 Å². The van der Waals surface area contributed by atoms with Gasteiger partial charge in [0.1, 0.15) is 5.82 Å². The number of nitrogens with two attached hydrogens (primary N) is 1. The number of halogens is 2. The average Bonchev–Trinajstić information content (AvgIpc) is 2.25. The molecule has 1 aromatic carbocycles. The largest absolute Gasteiger partial charge is 0.386 e. The van der Waals surface area contributed by atoms with Crippen LogP contribution in [0.3, 0.4) is 0 Å². The zero-order chi connectivity index (χ0) is 12.1. The van der Waals surface area contributed by atoms with Crippen molar-refractivity contribution in [1.29, 1.82) is 0 Å². The predicted octanol–water partition coefficient (Wildman–Crippen LogP) is 0.744. The van der Waals surface area contributed by atoms with Gasteiger partial charge in [0.05, 0.1) is 12.1 Å². The first-order valence-corrected chi connectivity index (χ1v) is 4.98. The van der Waals surface area contributed by atoms with Gasteiger partial charge in [0.15, 0.2) is 0 Å². The van der Waals surface area contributed by atoms with Crippen molar-refractivity contribution in [3.8, 4) is 0 Å². The van der Waals surface area contributed by atoms with E-state index in [0.29, 0.717) is 0 Å². The van der Waals surface area contributed by atoms with Crippen LogP contribution >= 0.6 is 12.4 Å². The van der Waals surface area contributed by atoms with E-state index in [4.69, 9.17) is 5.73 Å². The van der Waals surface area contributed by atoms with Crippen molar-refractivity contribution in [3.05, 3.63) is 35.6 Å². The number of benzene rings is 1. The van der Waals surface area contributed by atoms with Crippen LogP contribution in [0.2, 0.25) is 0 Å². The fourth-order valence-electron chi connectivity index (χ4n) is 1.21. The van der Waals surface area contributed by atoms with Crippen LogP contribution in [0, 0.1) is 5.82 Å². The quantitative estimate of drug-likeness (QED) is 0.749. The molecule has 0 saturated carbocycles. The molecule has 1 unspecified atom stereocenters. The Hall–Kier alpha value is -1.17. The van der Waals surface area contributed by atoms with Gasteiger partial charge < -0.3 is 16.2 Å². The molecule has 0 spiro atoms. The van der Waals surface area contributed by atoms with Crippen LogP contribution in [0.15, 0.2) is 24.3 Å². The maximum atomic E-state index is 13.2. The fraction of sp³-hybridized carbons (Fsp3) is 0.364. The van der Waals surface area contributed by atoms with E-state index in [-0.39, 0.29) is 30.4 Å². The van der Waals surface area contributed by atoms with Crippen molar-refractivity contribution in [3.63, 3.8) is 0 Å². The number of hydrogen-bond acceptors (Lipinski definition) is 3. The minimum atomic E-state index is -1.07. The normalized spacial score (nSPS) is 13.4. The Morgan fingerprint density at radius 2 is 2.12 bits per heavy atom. The second-order valence-corrected chi connectivity index (χ2v) is 3.57. The maximum absolute atomic E-state index is 13.2. The molecule has 0 bridgehead atoms. The minimum absolute atomic E-state index is 0. The van der Waals surface area contributed by atoms with Crippen molar-refractivity contribution in [2.24, 2.45) is 5.73 Å². The van der Waals surface area contributed by atoms with Crippen molar-refractivity contribution in [2.45, 2.75) is 19.1 Å². The Balaban J connectivity index is 0.00000256. The molecule has 17 heavy (non-hydrogen) atoms. The summed E-state index contributed by atoms with van der Waals surface area (Å²) < 4.78 is 13.2. The lowest BCUT2D eigenvalue weighted by Crippen LogP contribution is -2.40. The third-order valence-corrected chi connectivity index (χ3v) is 2.15. The van der Waals surface area contributed by atoms with Crippen LogP contribution in [0.5, 0.6) is 0 Å². The fourth-order valence-corrected chi connectivity index (χ4v) is 1.21. The molecule has 1 amide bonds. The van der Waals surface area contributed by atoms with E-state index in [9.17, 15) is 14.3 Å². The van der Waals surface area contributed by atoms with Gasteiger partial charge in [-0.25, -0.2) is 4.39 Å². The van der Waals surface area contributed by atoms with Gasteiger partial charge in [-0.15, -0.1) is 12.4 Å². The number of rotatable bonds is 4. The van der Waals surface area contributed by atoms with Gasteiger partial charge >= 0.3 is 0 Å². The SMILES string of the molecule is C[C@H](N)C(=O)NCC(O)c1ccccc1F.Cl. The summed E-state index contributed by atoms with van der Waals surface area (Å²) in [5.74, 6) is -0.875. The molecule has 4 nitrogen and oxygen atoms in total. The number of carbonyl (C=O) groups excluding carboxylic acids is 1. The first-order chi connectivity index (χ1) is 7.52. The van der Waals surface area contributed by atoms with E-state index in [1.165, 1.54) is 25.1 Å². The number of nitrogens with one attached hydrogen (secondary N) is 1. The lowest BCUT2D eigenvalue weighted by atomic mass is 10.1. The highest BCUT2D eigenvalue weighted by molar-refractivity contribution is 5.85. The molecule has 0 radical (unpaired) electrons. The molecule has 4 N–H and O–H groups in total. The van der Waals surface area contributed by atoms with E-state index in [1.807, 2.05) is 0 Å². The third-order valence-electron chi connectivity index (χ3n) is 2.15. The maximum Gasteiger partial charge on any atom is 0.236 e. The van der Waals surface area contributed by atoms with Gasteiger partial charge in [-0.05, 0) is 13.0 Å². The van der Waals surface area contributed by atoms with Crippen LogP contribution in [0.4, 0.5) is 4.39 Å². The van der Waals surface area contributed by atoms with Crippen molar-refractivity contribution in [2.75, 3.05) is 6.54 Å². The summed E-state index contributed by atoms with van der Waals surface area (Å²) in [6.45, 7) is 1.48. The predicted molar refractivity (Wildman–Crippen MR) is 65.3 cm³/mol. The molecule has 2 atom stereocenters. The van der Waals surface area contributed by atoms with E-state index in [1.54, 1.807) is 6.07 Å². The number of hydrogen-bond donors (Lipinski definition) is 3. The highest BCUT2D eigenvalue weighted by Crippen LogP contribution is 2.15. The molecule has 0 saturated heterocycles. The molecule has 96 valence electrons. The molecule has 0 heterocycles. The van der Waals surface area contributed by atoms with Crippen LogP contribution in [-0.4, -0.2) is 23.6 Å². The number of carbonyl (C=O) groups is 1. The standard InChI is InChI=1S/C11H15FN2O2.ClH/c1-7(13)11(16)14-6-10(15)8-4-2-3-5-9(8)12;/h2-5,7,10,15H,6,13H2,1H3,(H,14,16);1H/t7-,10?;/m0./s1. The molecule has 1 rings (SSSR count). The Labute approximate surface area is 105 Å². The Morgan fingerprint density at radius 1 is 1.53 bits per heavy atom. The molecule has 6 heteroatoms. The lowest BCUT2D eigenvalue weighted by Gasteiger charge is -2.14. The minimum Gasteiger partial charge on any atom is -0.386 e.